The van der Waals surface area contributed by atoms with E-state index in [4.69, 9.17) is 37.7 Å². The summed E-state index contributed by atoms with van der Waals surface area (Å²) in [6, 6.07) is 19.3. The smallest absolute Gasteiger partial charge is 0.407 e. The van der Waals surface area contributed by atoms with Gasteiger partial charge in [-0.1, -0.05) is 61.3 Å². The molecule has 14 heteroatoms. The SMILES string of the molecule is COc1ccc(CN(Cc2ccc(OC)cc2)c2cc(C)c(-n3c(=O)nc(N4CCN(C(=O)O)CC4C)c4cc(Cl)c(Cl)nc43)c(C(C)C)n2)cc1. The summed E-state index contributed by atoms with van der Waals surface area (Å²) in [6.45, 7) is 9.86. The molecule has 272 valence electrons. The number of halogens is 2. The Balaban J connectivity index is 1.49. The van der Waals surface area contributed by atoms with E-state index in [1.807, 2.05) is 87.2 Å². The lowest BCUT2D eigenvalue weighted by molar-refractivity contribution is 0.136. The number of hydrogen-bond donors (Lipinski definition) is 1. The first-order chi connectivity index (χ1) is 24.9. The third-order valence-corrected chi connectivity index (χ3v) is 9.96. The highest BCUT2D eigenvalue weighted by atomic mass is 35.5. The van der Waals surface area contributed by atoms with Gasteiger partial charge < -0.3 is 29.3 Å². The summed E-state index contributed by atoms with van der Waals surface area (Å²) < 4.78 is 12.2. The molecule has 0 bridgehead atoms. The molecule has 52 heavy (non-hydrogen) atoms. The van der Waals surface area contributed by atoms with E-state index in [0.29, 0.717) is 42.2 Å². The molecule has 12 nitrogen and oxygen atoms in total. The second kappa shape index (κ2) is 15.3. The molecule has 1 saturated heterocycles. The number of carboxylic acid groups (broad SMARTS) is 1. The summed E-state index contributed by atoms with van der Waals surface area (Å²) >= 11 is 13.0. The van der Waals surface area contributed by atoms with Crippen molar-refractivity contribution >= 4 is 52.0 Å². The van der Waals surface area contributed by atoms with Crippen LogP contribution in [-0.2, 0) is 13.1 Å². The van der Waals surface area contributed by atoms with Gasteiger partial charge in [-0.25, -0.2) is 24.1 Å². The molecule has 0 aliphatic carbocycles. The normalized spacial score (nSPS) is 14.6. The number of anilines is 2. The quantitative estimate of drug-likeness (QED) is 0.145. The number of nitrogens with zero attached hydrogens (tertiary/aromatic N) is 7. The maximum absolute atomic E-state index is 14.3. The van der Waals surface area contributed by atoms with Crippen molar-refractivity contribution in [1.82, 2.24) is 24.4 Å². The molecular formula is C38H41Cl2N7O5. The van der Waals surface area contributed by atoms with Gasteiger partial charge in [-0.15, -0.1) is 0 Å². The summed E-state index contributed by atoms with van der Waals surface area (Å²) in [7, 11) is 3.29. The van der Waals surface area contributed by atoms with Crippen LogP contribution in [0.4, 0.5) is 16.4 Å². The van der Waals surface area contributed by atoms with Crippen LogP contribution in [0.15, 0.2) is 65.5 Å². The summed E-state index contributed by atoms with van der Waals surface area (Å²) in [4.78, 5) is 45.9. The van der Waals surface area contributed by atoms with Crippen LogP contribution in [0.3, 0.4) is 0 Å². The molecule has 1 amide bonds. The van der Waals surface area contributed by atoms with Crippen molar-refractivity contribution < 1.29 is 19.4 Å². The number of methoxy groups -OCH3 is 2. The fourth-order valence-corrected chi connectivity index (χ4v) is 6.88. The van der Waals surface area contributed by atoms with Gasteiger partial charge in [-0.3, -0.25) is 0 Å². The van der Waals surface area contributed by atoms with Crippen LogP contribution >= 0.6 is 23.2 Å². The number of pyridine rings is 2. The highest BCUT2D eigenvalue weighted by Gasteiger charge is 2.31. The number of rotatable bonds is 10. The molecule has 1 unspecified atom stereocenters. The summed E-state index contributed by atoms with van der Waals surface area (Å²) in [5.74, 6) is 2.55. The van der Waals surface area contributed by atoms with Gasteiger partial charge in [0.25, 0.3) is 0 Å². The van der Waals surface area contributed by atoms with Crippen LogP contribution < -0.4 is 25.0 Å². The zero-order valence-corrected chi connectivity index (χ0v) is 31.4. The number of carbonyl (C=O) groups is 1. The first kappa shape index (κ1) is 36.7. The molecule has 4 heterocycles. The molecule has 0 saturated carbocycles. The van der Waals surface area contributed by atoms with Crippen molar-refractivity contribution in [2.45, 2.75) is 52.7 Å². The zero-order valence-electron chi connectivity index (χ0n) is 29.9. The summed E-state index contributed by atoms with van der Waals surface area (Å²) in [5.41, 5.74) is 3.90. The third kappa shape index (κ3) is 7.44. The number of fused-ring (bicyclic) bond motifs is 1. The molecule has 6 rings (SSSR count). The summed E-state index contributed by atoms with van der Waals surface area (Å²) in [6.07, 6.45) is -0.990. The van der Waals surface area contributed by atoms with Crippen molar-refractivity contribution in [3.8, 4) is 17.2 Å². The first-order valence-electron chi connectivity index (χ1n) is 16.9. The van der Waals surface area contributed by atoms with E-state index in [1.54, 1.807) is 20.3 Å². The average molecular weight is 747 g/mol. The van der Waals surface area contributed by atoms with E-state index in [0.717, 1.165) is 34.0 Å². The second-order valence-corrected chi connectivity index (χ2v) is 14.0. The van der Waals surface area contributed by atoms with E-state index in [9.17, 15) is 14.7 Å². The number of benzene rings is 2. The van der Waals surface area contributed by atoms with E-state index in [-0.39, 0.29) is 40.9 Å². The van der Waals surface area contributed by atoms with Crippen LogP contribution in [0.1, 0.15) is 49.1 Å². The maximum Gasteiger partial charge on any atom is 0.407 e. The van der Waals surface area contributed by atoms with Crippen LogP contribution in [-0.4, -0.2) is 75.5 Å². The highest BCUT2D eigenvalue weighted by Crippen LogP contribution is 2.35. The number of piperazine rings is 1. The fourth-order valence-electron chi connectivity index (χ4n) is 6.60. The molecule has 2 aromatic carbocycles. The number of amides is 1. The Labute approximate surface area is 312 Å². The molecule has 1 fully saturated rings. The Bertz CT molecular complexity index is 2110. The Kier molecular flexibility index (Phi) is 10.8. The topological polar surface area (TPSA) is 126 Å². The number of aryl methyl sites for hydroxylation is 1. The lowest BCUT2D eigenvalue weighted by Gasteiger charge is -2.39. The Hall–Kier alpha value is -5.07. The van der Waals surface area contributed by atoms with Crippen LogP contribution in [0.2, 0.25) is 10.2 Å². The van der Waals surface area contributed by atoms with Crippen molar-refractivity contribution in [3.05, 3.63) is 104 Å². The molecule has 1 aliphatic rings. The monoisotopic (exact) mass is 745 g/mol. The van der Waals surface area contributed by atoms with Gasteiger partial charge in [0.1, 0.15) is 28.3 Å². The number of ether oxygens (including phenoxy) is 2. The first-order valence-corrected chi connectivity index (χ1v) is 17.7. The molecule has 3 aromatic heterocycles. The Morgan fingerprint density at radius 2 is 1.54 bits per heavy atom. The van der Waals surface area contributed by atoms with Gasteiger partial charge >= 0.3 is 11.8 Å². The molecule has 5 aromatic rings. The average Bonchev–Trinajstić information content (AvgIpc) is 3.12. The van der Waals surface area contributed by atoms with E-state index >= 15 is 0 Å². The lowest BCUT2D eigenvalue weighted by atomic mass is 10.0. The van der Waals surface area contributed by atoms with Crippen molar-refractivity contribution in [1.29, 1.82) is 0 Å². The van der Waals surface area contributed by atoms with Crippen molar-refractivity contribution in [2.24, 2.45) is 0 Å². The molecule has 1 atom stereocenters. The Morgan fingerprint density at radius 3 is 2.06 bits per heavy atom. The molecule has 0 spiro atoms. The molecule has 0 radical (unpaired) electrons. The Morgan fingerprint density at radius 1 is 0.942 bits per heavy atom. The largest absolute Gasteiger partial charge is 0.497 e. The van der Waals surface area contributed by atoms with Gasteiger partial charge in [0.05, 0.1) is 36.0 Å². The van der Waals surface area contributed by atoms with Crippen LogP contribution in [0.25, 0.3) is 16.7 Å². The lowest BCUT2D eigenvalue weighted by Crippen LogP contribution is -2.54. The molecular weight excluding hydrogens is 705 g/mol. The van der Waals surface area contributed by atoms with Crippen molar-refractivity contribution in [3.63, 3.8) is 0 Å². The van der Waals surface area contributed by atoms with Gasteiger partial charge in [-0.05, 0) is 72.9 Å². The van der Waals surface area contributed by atoms with Gasteiger partial charge in [0.2, 0.25) is 0 Å². The minimum Gasteiger partial charge on any atom is -0.497 e. The fraction of sp³-hybridized carbons (Fsp3) is 0.342. The van der Waals surface area contributed by atoms with E-state index in [1.165, 1.54) is 9.47 Å². The van der Waals surface area contributed by atoms with Gasteiger partial charge in [0.15, 0.2) is 5.65 Å². The van der Waals surface area contributed by atoms with E-state index < -0.39 is 11.8 Å². The van der Waals surface area contributed by atoms with Crippen LogP contribution in [0.5, 0.6) is 11.5 Å². The predicted molar refractivity (Wildman–Crippen MR) is 204 cm³/mol. The molecule has 1 N–H and O–H groups in total. The second-order valence-electron chi connectivity index (χ2n) is 13.2. The maximum atomic E-state index is 14.3. The predicted octanol–water partition coefficient (Wildman–Crippen LogP) is 7.33. The van der Waals surface area contributed by atoms with E-state index in [2.05, 4.69) is 14.9 Å². The number of aromatic nitrogens is 4. The third-order valence-electron chi connectivity index (χ3n) is 9.28. The van der Waals surface area contributed by atoms with Crippen molar-refractivity contribution in [2.75, 3.05) is 43.7 Å². The zero-order chi connectivity index (χ0) is 37.3. The number of hydrogen-bond acceptors (Lipinski definition) is 9. The van der Waals surface area contributed by atoms with Crippen LogP contribution in [0, 0.1) is 6.92 Å². The standard InChI is InChI=1S/C38H41Cl2N7O5/c1-22(2)32-33(47-36-29(18-30(39)34(40)42-36)35(43-37(47)48)46-16-15-44(38(49)50)19-24(46)4)23(3)17-31(41-32)45(20-25-7-11-27(51-5)12-8-25)21-26-9-13-28(52-6)14-10-26/h7-14,17-18,22,24H,15-16,19-21H2,1-6H3,(H,49,50). The minimum atomic E-state index is -0.990. The minimum absolute atomic E-state index is 0.0432. The summed E-state index contributed by atoms with van der Waals surface area (Å²) in [5, 5.41) is 10.3. The molecule has 1 aliphatic heterocycles. The highest BCUT2D eigenvalue weighted by molar-refractivity contribution is 6.41. The van der Waals surface area contributed by atoms with Gasteiger partial charge in [-0.2, -0.15) is 4.98 Å². The van der Waals surface area contributed by atoms with Gasteiger partial charge in [0, 0.05) is 38.8 Å².